The van der Waals surface area contributed by atoms with Gasteiger partial charge in [-0.15, -0.1) is 11.3 Å². The molecule has 1 amide bonds. The Hall–Kier alpha value is -1.64. The van der Waals surface area contributed by atoms with Crippen LogP contribution >= 0.6 is 11.3 Å². The summed E-state index contributed by atoms with van der Waals surface area (Å²) in [6.07, 6.45) is 2.37. The molecule has 0 radical (unpaired) electrons. The third-order valence-corrected chi connectivity index (χ3v) is 7.25. The number of alkyl halides is 2. The van der Waals surface area contributed by atoms with Crippen LogP contribution in [0, 0.1) is 0 Å². The number of β-amino-alcohol motifs (C(OH)–C–C–N with tert-alkyl or cyclic N) is 1. The van der Waals surface area contributed by atoms with E-state index in [0.717, 1.165) is 47.7 Å². The van der Waals surface area contributed by atoms with E-state index in [-0.39, 0.29) is 31.4 Å². The Balaban J connectivity index is 1.40. The van der Waals surface area contributed by atoms with E-state index in [1.54, 1.807) is 17.4 Å². The molecule has 5 nitrogen and oxygen atoms in total. The number of thiazole rings is 1. The summed E-state index contributed by atoms with van der Waals surface area (Å²) in [5.74, 6) is -2.37. The van der Waals surface area contributed by atoms with Gasteiger partial charge in [0.25, 0.3) is 5.91 Å². The van der Waals surface area contributed by atoms with Gasteiger partial charge in [-0.2, -0.15) is 0 Å². The number of benzene rings is 1. The summed E-state index contributed by atoms with van der Waals surface area (Å²) < 4.78 is 27.6. The number of carbonyl (C=O) groups excluding carboxylic acids is 1. The number of amides is 1. The maximum atomic E-state index is 13.3. The normalized spacial score (nSPS) is 21.5. The van der Waals surface area contributed by atoms with Crippen LogP contribution in [0.25, 0.3) is 10.2 Å². The number of aromatic nitrogens is 1. The maximum absolute atomic E-state index is 13.3. The number of fused-ring (bicyclic) bond motifs is 1. The minimum Gasteiger partial charge on any atom is -0.395 e. The Bertz CT molecular complexity index is 855. The summed E-state index contributed by atoms with van der Waals surface area (Å²) in [5.41, 5.74) is 1.46. The van der Waals surface area contributed by atoms with Crippen molar-refractivity contribution in [2.45, 2.75) is 56.4 Å². The molecule has 0 unspecified atom stereocenters. The number of carbonyl (C=O) groups is 1. The molecule has 2 aliphatic rings. The Kier molecular flexibility index (Phi) is 6.13. The molecule has 0 atom stereocenters. The van der Waals surface area contributed by atoms with Crippen molar-refractivity contribution in [2.24, 2.45) is 0 Å². The fraction of sp³-hybridized carbons (Fsp3) is 0.619. The van der Waals surface area contributed by atoms with Gasteiger partial charge in [0.2, 0.25) is 5.92 Å². The molecule has 1 saturated heterocycles. The van der Waals surface area contributed by atoms with Gasteiger partial charge in [0.15, 0.2) is 0 Å². The molecule has 4 rings (SSSR count). The molecule has 158 valence electrons. The van der Waals surface area contributed by atoms with Gasteiger partial charge < -0.3 is 15.3 Å². The van der Waals surface area contributed by atoms with Crippen molar-refractivity contribution < 1.29 is 18.7 Å². The second kappa shape index (κ2) is 8.62. The number of likely N-dealkylation sites (tertiary alicyclic amines) is 1. The molecule has 1 aromatic heterocycles. The lowest BCUT2D eigenvalue weighted by molar-refractivity contribution is -0.0399. The molecular formula is C21H27F2N3O2S. The van der Waals surface area contributed by atoms with E-state index in [2.05, 4.69) is 10.2 Å². The Labute approximate surface area is 173 Å². The number of nitrogens with zero attached hydrogens (tertiary/aromatic N) is 2. The van der Waals surface area contributed by atoms with Crippen LogP contribution in [-0.4, -0.2) is 59.1 Å². The summed E-state index contributed by atoms with van der Waals surface area (Å²) in [5, 5.41) is 13.1. The molecular weight excluding hydrogens is 396 g/mol. The second-order valence-corrected chi connectivity index (χ2v) is 9.24. The van der Waals surface area contributed by atoms with Crippen molar-refractivity contribution in [3.8, 4) is 0 Å². The van der Waals surface area contributed by atoms with E-state index in [9.17, 15) is 13.6 Å². The van der Waals surface area contributed by atoms with Crippen molar-refractivity contribution in [3.63, 3.8) is 0 Å². The molecule has 8 heteroatoms. The van der Waals surface area contributed by atoms with Crippen LogP contribution in [0.1, 0.15) is 59.8 Å². The first-order chi connectivity index (χ1) is 13.9. The number of aliphatic hydroxyl groups excluding tert-OH is 1. The molecule has 0 spiro atoms. The van der Waals surface area contributed by atoms with Crippen LogP contribution in [0.4, 0.5) is 8.78 Å². The van der Waals surface area contributed by atoms with Gasteiger partial charge in [-0.3, -0.25) is 4.79 Å². The van der Waals surface area contributed by atoms with Crippen molar-refractivity contribution in [1.82, 2.24) is 15.2 Å². The number of piperidine rings is 1. The monoisotopic (exact) mass is 423 g/mol. The SMILES string of the molecule is O=C(NC1CCC(F)(F)CC1)c1ccc2nc(C3CCN(CCO)CC3)sc2c1. The van der Waals surface area contributed by atoms with Crippen molar-refractivity contribution in [3.05, 3.63) is 28.8 Å². The number of hydrogen-bond acceptors (Lipinski definition) is 5. The average Bonchev–Trinajstić information content (AvgIpc) is 3.13. The predicted octanol–water partition coefficient (Wildman–Crippen LogP) is 3.78. The van der Waals surface area contributed by atoms with Crippen LogP contribution in [0.5, 0.6) is 0 Å². The first kappa shape index (κ1) is 20.6. The zero-order valence-electron chi connectivity index (χ0n) is 16.4. The van der Waals surface area contributed by atoms with Gasteiger partial charge in [0, 0.05) is 36.9 Å². The highest BCUT2D eigenvalue weighted by Crippen LogP contribution is 2.35. The standard InChI is InChI=1S/C21H27F2N3O2S/c22-21(23)7-3-16(4-8-21)24-19(28)15-1-2-17-18(13-15)29-20(25-17)14-5-9-26(10-6-14)11-12-27/h1-2,13-14,16,27H,3-12H2,(H,24,28). The first-order valence-corrected chi connectivity index (χ1v) is 11.2. The largest absolute Gasteiger partial charge is 0.395 e. The summed E-state index contributed by atoms with van der Waals surface area (Å²) >= 11 is 1.64. The van der Waals surface area contributed by atoms with Gasteiger partial charge in [0.05, 0.1) is 21.8 Å². The summed E-state index contributed by atoms with van der Waals surface area (Å²) in [4.78, 5) is 19.6. The zero-order valence-corrected chi connectivity index (χ0v) is 17.2. The zero-order chi connectivity index (χ0) is 20.4. The quantitative estimate of drug-likeness (QED) is 0.768. The van der Waals surface area contributed by atoms with E-state index in [4.69, 9.17) is 10.1 Å². The molecule has 1 saturated carbocycles. The lowest BCUT2D eigenvalue weighted by atomic mass is 9.92. The fourth-order valence-corrected chi connectivity index (χ4v) is 5.43. The number of hydrogen-bond donors (Lipinski definition) is 2. The minimum absolute atomic E-state index is 0.160. The lowest BCUT2D eigenvalue weighted by Crippen LogP contribution is -2.40. The minimum atomic E-state index is -2.59. The summed E-state index contributed by atoms with van der Waals surface area (Å²) in [6.45, 7) is 2.86. The summed E-state index contributed by atoms with van der Waals surface area (Å²) in [7, 11) is 0. The lowest BCUT2D eigenvalue weighted by Gasteiger charge is -2.30. The highest BCUT2D eigenvalue weighted by Gasteiger charge is 2.35. The molecule has 2 N–H and O–H groups in total. The average molecular weight is 424 g/mol. The fourth-order valence-electron chi connectivity index (χ4n) is 4.26. The van der Waals surface area contributed by atoms with E-state index >= 15 is 0 Å². The predicted molar refractivity (Wildman–Crippen MR) is 110 cm³/mol. The third-order valence-electron chi connectivity index (χ3n) is 6.07. The van der Waals surface area contributed by atoms with E-state index in [0.29, 0.717) is 24.3 Å². The van der Waals surface area contributed by atoms with Crippen LogP contribution < -0.4 is 5.32 Å². The second-order valence-electron chi connectivity index (χ2n) is 8.18. The van der Waals surface area contributed by atoms with Crippen molar-refractivity contribution in [1.29, 1.82) is 0 Å². The number of rotatable bonds is 5. The maximum Gasteiger partial charge on any atom is 0.251 e. The summed E-state index contributed by atoms with van der Waals surface area (Å²) in [6, 6.07) is 5.33. The highest BCUT2D eigenvalue weighted by atomic mass is 32.1. The Morgan fingerprint density at radius 2 is 1.97 bits per heavy atom. The Morgan fingerprint density at radius 1 is 1.24 bits per heavy atom. The highest BCUT2D eigenvalue weighted by molar-refractivity contribution is 7.18. The molecule has 1 aliphatic heterocycles. The van der Waals surface area contributed by atoms with E-state index < -0.39 is 5.92 Å². The molecule has 2 heterocycles. The third kappa shape index (κ3) is 4.92. The van der Waals surface area contributed by atoms with Gasteiger partial charge in [-0.25, -0.2) is 13.8 Å². The Morgan fingerprint density at radius 3 is 2.66 bits per heavy atom. The van der Waals surface area contributed by atoms with Gasteiger partial charge in [-0.1, -0.05) is 0 Å². The molecule has 0 bridgehead atoms. The molecule has 2 fully saturated rings. The van der Waals surface area contributed by atoms with E-state index in [1.807, 2.05) is 12.1 Å². The number of nitrogens with one attached hydrogen (secondary N) is 1. The molecule has 2 aromatic rings. The first-order valence-electron chi connectivity index (χ1n) is 10.4. The number of aliphatic hydroxyl groups is 1. The van der Waals surface area contributed by atoms with Crippen molar-refractivity contribution >= 4 is 27.5 Å². The van der Waals surface area contributed by atoms with Crippen LogP contribution in [0.15, 0.2) is 18.2 Å². The van der Waals surface area contributed by atoms with Crippen molar-refractivity contribution in [2.75, 3.05) is 26.2 Å². The smallest absolute Gasteiger partial charge is 0.251 e. The van der Waals surface area contributed by atoms with Crippen LogP contribution in [0.3, 0.4) is 0 Å². The topological polar surface area (TPSA) is 65.5 Å². The molecule has 1 aromatic carbocycles. The van der Waals surface area contributed by atoms with Crippen LogP contribution in [-0.2, 0) is 0 Å². The van der Waals surface area contributed by atoms with E-state index in [1.165, 1.54) is 0 Å². The van der Waals surface area contributed by atoms with Gasteiger partial charge in [-0.05, 0) is 57.0 Å². The molecule has 1 aliphatic carbocycles. The van der Waals surface area contributed by atoms with Gasteiger partial charge >= 0.3 is 0 Å². The van der Waals surface area contributed by atoms with Crippen LogP contribution in [0.2, 0.25) is 0 Å². The molecule has 29 heavy (non-hydrogen) atoms. The number of halogens is 2. The van der Waals surface area contributed by atoms with Gasteiger partial charge in [0.1, 0.15) is 0 Å².